The van der Waals surface area contributed by atoms with Gasteiger partial charge < -0.3 is 14.8 Å². The van der Waals surface area contributed by atoms with E-state index in [2.05, 4.69) is 5.32 Å². The van der Waals surface area contributed by atoms with Crippen LogP contribution in [-0.2, 0) is 19.1 Å². The fourth-order valence-corrected chi connectivity index (χ4v) is 5.18. The first-order valence-electron chi connectivity index (χ1n) is 10.2. The summed E-state index contributed by atoms with van der Waals surface area (Å²) >= 11 is 1.64. The zero-order chi connectivity index (χ0) is 22.0. The highest BCUT2D eigenvalue weighted by atomic mass is 32.1. The number of ether oxygens (including phenoxy) is 2. The molecule has 2 atom stereocenters. The maximum Gasteiger partial charge on any atom is 0.336 e. The number of hydrogen-bond donors (Lipinski definition) is 1. The van der Waals surface area contributed by atoms with Crippen molar-refractivity contribution in [3.05, 3.63) is 80.6 Å². The molecule has 1 N–H and O–H groups in total. The van der Waals surface area contributed by atoms with Crippen LogP contribution in [0.5, 0.6) is 0 Å². The van der Waals surface area contributed by atoms with Gasteiger partial charge in [-0.2, -0.15) is 0 Å². The molecule has 0 spiro atoms. The molecule has 5 nitrogen and oxygen atoms in total. The van der Waals surface area contributed by atoms with Gasteiger partial charge in [0.15, 0.2) is 5.78 Å². The Bertz CT molecular complexity index is 1060. The minimum atomic E-state index is -0.668. The summed E-state index contributed by atoms with van der Waals surface area (Å²) in [5.74, 6) is -1.55. The van der Waals surface area contributed by atoms with Crippen LogP contribution in [-0.4, -0.2) is 32.1 Å². The molecule has 0 saturated carbocycles. The van der Waals surface area contributed by atoms with Gasteiger partial charge in [0.2, 0.25) is 0 Å². The maximum absolute atomic E-state index is 14.1. The van der Waals surface area contributed by atoms with Crippen LogP contribution < -0.4 is 5.32 Å². The average molecular weight is 442 g/mol. The molecule has 0 fully saturated rings. The number of nitrogens with one attached hydrogen (secondary N) is 1. The molecule has 0 unspecified atom stereocenters. The maximum atomic E-state index is 14.1. The highest BCUT2D eigenvalue weighted by Gasteiger charge is 2.41. The van der Waals surface area contributed by atoms with Gasteiger partial charge in [-0.05, 0) is 42.5 Å². The van der Waals surface area contributed by atoms with Crippen molar-refractivity contribution in [3.8, 4) is 0 Å². The molecule has 2 aliphatic rings. The number of benzene rings is 1. The quantitative estimate of drug-likeness (QED) is 0.530. The second-order valence-corrected chi connectivity index (χ2v) is 8.70. The topological polar surface area (TPSA) is 64.6 Å². The van der Waals surface area contributed by atoms with E-state index in [1.54, 1.807) is 30.4 Å². The standard InChI is InChI=1S/C24H24FNO4S/c1-14-21(24(28)30-9-8-29-2)22(15-5-3-6-17(25)11-15)23-18(26-14)12-16(13-19(23)27)20-7-4-10-31-20/h3-7,10-11,16,22,26H,8-9,12-13H2,1-2H3/t16-,22+/m0/s1. The van der Waals surface area contributed by atoms with E-state index in [4.69, 9.17) is 9.47 Å². The number of dihydropyridines is 1. The number of allylic oxidation sites excluding steroid dienone is 3. The zero-order valence-electron chi connectivity index (χ0n) is 17.4. The molecule has 162 valence electrons. The molecule has 4 rings (SSSR count). The molecule has 2 aromatic rings. The largest absolute Gasteiger partial charge is 0.460 e. The number of thiophene rings is 1. The van der Waals surface area contributed by atoms with E-state index < -0.39 is 17.7 Å². The molecule has 31 heavy (non-hydrogen) atoms. The summed E-state index contributed by atoms with van der Waals surface area (Å²) in [7, 11) is 1.53. The molecule has 0 saturated heterocycles. The molecule has 0 radical (unpaired) electrons. The summed E-state index contributed by atoms with van der Waals surface area (Å²) in [5.41, 5.74) is 2.85. The van der Waals surface area contributed by atoms with E-state index in [1.165, 1.54) is 19.2 Å². The van der Waals surface area contributed by atoms with Crippen molar-refractivity contribution in [2.24, 2.45) is 0 Å². The number of methoxy groups -OCH3 is 1. The Morgan fingerprint density at radius 2 is 2.06 bits per heavy atom. The molecule has 0 bridgehead atoms. The first-order chi connectivity index (χ1) is 15.0. The number of rotatable bonds is 6. The molecular weight excluding hydrogens is 417 g/mol. The van der Waals surface area contributed by atoms with Crippen LogP contribution in [0.2, 0.25) is 0 Å². The molecule has 2 heterocycles. The average Bonchev–Trinajstić information content (AvgIpc) is 3.27. The number of carbonyl (C=O) groups excluding carboxylic acids is 2. The van der Waals surface area contributed by atoms with Crippen molar-refractivity contribution in [1.29, 1.82) is 0 Å². The molecular formula is C24H24FNO4S. The summed E-state index contributed by atoms with van der Waals surface area (Å²) < 4.78 is 24.4. The monoisotopic (exact) mass is 441 g/mol. The van der Waals surface area contributed by atoms with Crippen LogP contribution in [0.4, 0.5) is 4.39 Å². The van der Waals surface area contributed by atoms with Crippen molar-refractivity contribution in [1.82, 2.24) is 5.32 Å². The number of ketones is 1. The lowest BCUT2D eigenvalue weighted by Gasteiger charge is -2.36. The van der Waals surface area contributed by atoms with Crippen LogP contribution in [0.15, 0.2) is 64.3 Å². The highest BCUT2D eigenvalue weighted by Crippen LogP contribution is 2.46. The number of esters is 1. The van der Waals surface area contributed by atoms with Gasteiger partial charge in [-0.1, -0.05) is 18.2 Å². The van der Waals surface area contributed by atoms with Crippen LogP contribution in [0.1, 0.15) is 42.0 Å². The third-order valence-corrected chi connectivity index (χ3v) is 6.73. The first-order valence-corrected chi connectivity index (χ1v) is 11.1. The fourth-order valence-electron chi connectivity index (χ4n) is 4.35. The zero-order valence-corrected chi connectivity index (χ0v) is 18.3. The van der Waals surface area contributed by atoms with E-state index in [0.717, 1.165) is 10.6 Å². The van der Waals surface area contributed by atoms with Gasteiger partial charge in [-0.15, -0.1) is 11.3 Å². The third-order valence-electron chi connectivity index (χ3n) is 5.70. The predicted octanol–water partition coefficient (Wildman–Crippen LogP) is 4.44. The molecule has 1 aromatic heterocycles. The summed E-state index contributed by atoms with van der Waals surface area (Å²) in [5, 5.41) is 5.30. The number of hydrogen-bond acceptors (Lipinski definition) is 6. The van der Waals surface area contributed by atoms with E-state index in [0.29, 0.717) is 35.2 Å². The van der Waals surface area contributed by atoms with Gasteiger partial charge in [0, 0.05) is 47.2 Å². The molecule has 7 heteroatoms. The second kappa shape index (κ2) is 9.16. The number of halogens is 1. The van der Waals surface area contributed by atoms with Gasteiger partial charge in [0.25, 0.3) is 0 Å². The van der Waals surface area contributed by atoms with Gasteiger partial charge in [-0.25, -0.2) is 9.18 Å². The van der Waals surface area contributed by atoms with Crippen LogP contribution in [0, 0.1) is 5.82 Å². The van der Waals surface area contributed by atoms with Crippen LogP contribution >= 0.6 is 11.3 Å². The molecule has 0 amide bonds. The Morgan fingerprint density at radius 1 is 1.23 bits per heavy atom. The van der Waals surface area contributed by atoms with Crippen LogP contribution in [0.25, 0.3) is 0 Å². The molecule has 1 aliphatic heterocycles. The number of Topliss-reactive ketones (excluding diaryl/α,β-unsaturated/α-hetero) is 1. The summed E-state index contributed by atoms with van der Waals surface area (Å²) in [4.78, 5) is 27.5. The fraction of sp³-hybridized carbons (Fsp3) is 0.333. The van der Waals surface area contributed by atoms with E-state index in [1.807, 2.05) is 17.5 Å². The summed E-state index contributed by atoms with van der Waals surface area (Å²) in [6.07, 6.45) is 1.02. The minimum Gasteiger partial charge on any atom is -0.460 e. The van der Waals surface area contributed by atoms with Crippen molar-refractivity contribution in [2.45, 2.75) is 31.6 Å². The highest BCUT2D eigenvalue weighted by molar-refractivity contribution is 7.10. The van der Waals surface area contributed by atoms with Crippen molar-refractivity contribution in [2.75, 3.05) is 20.3 Å². The Hall–Kier alpha value is -2.77. The second-order valence-electron chi connectivity index (χ2n) is 7.72. The van der Waals surface area contributed by atoms with Crippen molar-refractivity contribution >= 4 is 23.1 Å². The first kappa shape index (κ1) is 21.5. The molecule has 1 aliphatic carbocycles. The number of carbonyl (C=O) groups is 2. The Morgan fingerprint density at radius 3 is 2.77 bits per heavy atom. The Kier molecular flexibility index (Phi) is 6.34. The predicted molar refractivity (Wildman–Crippen MR) is 116 cm³/mol. The van der Waals surface area contributed by atoms with Crippen molar-refractivity contribution < 1.29 is 23.5 Å². The lowest BCUT2D eigenvalue weighted by molar-refractivity contribution is -0.140. The van der Waals surface area contributed by atoms with E-state index >= 15 is 0 Å². The van der Waals surface area contributed by atoms with Crippen LogP contribution in [0.3, 0.4) is 0 Å². The SMILES string of the molecule is COCCOC(=O)C1=C(C)NC2=C(C(=O)C[C@@H](c3cccs3)C2)[C@@H]1c1cccc(F)c1. The van der Waals surface area contributed by atoms with Gasteiger partial charge in [0.1, 0.15) is 12.4 Å². The van der Waals surface area contributed by atoms with E-state index in [9.17, 15) is 14.0 Å². The minimum absolute atomic E-state index is 0.0314. The summed E-state index contributed by atoms with van der Waals surface area (Å²) in [6.45, 7) is 2.16. The Labute approximate surface area is 184 Å². The summed E-state index contributed by atoms with van der Waals surface area (Å²) in [6, 6.07) is 10.1. The van der Waals surface area contributed by atoms with Gasteiger partial charge in [-0.3, -0.25) is 4.79 Å². The van der Waals surface area contributed by atoms with E-state index in [-0.39, 0.29) is 24.9 Å². The van der Waals surface area contributed by atoms with Crippen molar-refractivity contribution in [3.63, 3.8) is 0 Å². The normalized spacial score (nSPS) is 21.1. The third kappa shape index (κ3) is 4.34. The Balaban J connectivity index is 1.76. The van der Waals surface area contributed by atoms with Gasteiger partial charge in [0.05, 0.1) is 12.2 Å². The molecule has 1 aromatic carbocycles. The lowest BCUT2D eigenvalue weighted by Crippen LogP contribution is -2.36. The van der Waals surface area contributed by atoms with Gasteiger partial charge >= 0.3 is 5.97 Å². The lowest BCUT2D eigenvalue weighted by atomic mass is 9.72. The smallest absolute Gasteiger partial charge is 0.336 e.